The van der Waals surface area contributed by atoms with Gasteiger partial charge in [0.15, 0.2) is 11.5 Å². The number of hydrogen-bond donors (Lipinski definition) is 3. The van der Waals surface area contributed by atoms with E-state index < -0.39 is 0 Å². The summed E-state index contributed by atoms with van der Waals surface area (Å²) in [6.45, 7) is 0.841. The fourth-order valence-corrected chi connectivity index (χ4v) is 2.68. The van der Waals surface area contributed by atoms with Crippen LogP contribution in [0.1, 0.15) is 22.7 Å². The number of aromatic hydroxyl groups is 2. The zero-order valence-electron chi connectivity index (χ0n) is 11.3. The van der Waals surface area contributed by atoms with Gasteiger partial charge in [0.05, 0.1) is 13.2 Å². The first-order chi connectivity index (χ1) is 9.69. The molecule has 1 atom stereocenters. The third kappa shape index (κ3) is 2.18. The number of phenols is 2. The van der Waals surface area contributed by atoms with Crippen molar-refractivity contribution in [2.75, 3.05) is 13.7 Å². The van der Waals surface area contributed by atoms with E-state index in [4.69, 9.17) is 4.74 Å². The van der Waals surface area contributed by atoms with Gasteiger partial charge in [-0.05, 0) is 47.4 Å². The van der Waals surface area contributed by atoms with Crippen molar-refractivity contribution in [1.29, 1.82) is 0 Å². The van der Waals surface area contributed by atoms with Crippen molar-refractivity contribution in [3.05, 3.63) is 53.1 Å². The van der Waals surface area contributed by atoms with Crippen LogP contribution in [-0.2, 0) is 6.42 Å². The van der Waals surface area contributed by atoms with Crippen LogP contribution in [0, 0.1) is 0 Å². The maximum Gasteiger partial charge on any atom is 0.157 e. The van der Waals surface area contributed by atoms with Crippen LogP contribution in [0.15, 0.2) is 36.4 Å². The Balaban J connectivity index is 2.02. The zero-order valence-corrected chi connectivity index (χ0v) is 11.3. The normalized spacial score (nSPS) is 17.6. The molecule has 0 radical (unpaired) electrons. The average Bonchev–Trinajstić information content (AvgIpc) is 2.48. The first-order valence-electron chi connectivity index (χ1n) is 6.61. The van der Waals surface area contributed by atoms with Gasteiger partial charge in [0, 0.05) is 6.54 Å². The minimum atomic E-state index is -0.0778. The number of rotatable bonds is 2. The quantitative estimate of drug-likeness (QED) is 0.734. The first-order valence-corrected chi connectivity index (χ1v) is 6.61. The molecule has 0 fully saturated rings. The summed E-state index contributed by atoms with van der Waals surface area (Å²) in [5.41, 5.74) is 3.19. The lowest BCUT2D eigenvalue weighted by Gasteiger charge is -2.28. The second-order valence-corrected chi connectivity index (χ2v) is 4.95. The van der Waals surface area contributed by atoms with Crippen LogP contribution in [0.2, 0.25) is 0 Å². The molecule has 0 bridgehead atoms. The lowest BCUT2D eigenvalue weighted by atomic mass is 9.89. The van der Waals surface area contributed by atoms with Crippen molar-refractivity contribution in [3.8, 4) is 17.2 Å². The van der Waals surface area contributed by atoms with Gasteiger partial charge in [0.25, 0.3) is 0 Å². The summed E-state index contributed by atoms with van der Waals surface area (Å²) < 4.78 is 5.17. The van der Waals surface area contributed by atoms with E-state index in [2.05, 4.69) is 5.32 Å². The fraction of sp³-hybridized carbons (Fsp3) is 0.250. The van der Waals surface area contributed by atoms with Crippen LogP contribution in [0.3, 0.4) is 0 Å². The third-order valence-electron chi connectivity index (χ3n) is 3.74. The van der Waals surface area contributed by atoms with Gasteiger partial charge in [0.2, 0.25) is 0 Å². The maximum atomic E-state index is 9.72. The van der Waals surface area contributed by atoms with Crippen LogP contribution in [0.5, 0.6) is 17.2 Å². The Hall–Kier alpha value is -2.20. The summed E-state index contributed by atoms with van der Waals surface area (Å²) in [4.78, 5) is 0. The Morgan fingerprint density at radius 2 is 1.80 bits per heavy atom. The second-order valence-electron chi connectivity index (χ2n) is 4.95. The van der Waals surface area contributed by atoms with Crippen LogP contribution >= 0.6 is 0 Å². The van der Waals surface area contributed by atoms with Crippen LogP contribution in [0.4, 0.5) is 0 Å². The van der Waals surface area contributed by atoms with Gasteiger partial charge in [0.1, 0.15) is 5.75 Å². The molecule has 20 heavy (non-hydrogen) atoms. The fourth-order valence-electron chi connectivity index (χ4n) is 2.68. The van der Waals surface area contributed by atoms with Gasteiger partial charge in [-0.25, -0.2) is 0 Å². The second kappa shape index (κ2) is 5.06. The molecule has 0 amide bonds. The number of benzene rings is 2. The van der Waals surface area contributed by atoms with E-state index >= 15 is 0 Å². The molecule has 3 rings (SSSR count). The number of methoxy groups -OCH3 is 1. The van der Waals surface area contributed by atoms with E-state index in [1.54, 1.807) is 19.2 Å². The Kier molecular flexibility index (Phi) is 3.24. The van der Waals surface area contributed by atoms with Gasteiger partial charge in [-0.3, -0.25) is 0 Å². The summed E-state index contributed by atoms with van der Waals surface area (Å²) in [6, 6.07) is 11.2. The Morgan fingerprint density at radius 1 is 1.10 bits per heavy atom. The van der Waals surface area contributed by atoms with E-state index in [1.165, 1.54) is 0 Å². The predicted octanol–water partition coefficient (Wildman–Crippen LogP) is 2.34. The van der Waals surface area contributed by atoms with Crippen LogP contribution in [0.25, 0.3) is 0 Å². The molecule has 0 aromatic heterocycles. The Morgan fingerprint density at radius 3 is 2.50 bits per heavy atom. The van der Waals surface area contributed by atoms with Gasteiger partial charge >= 0.3 is 0 Å². The van der Waals surface area contributed by atoms with E-state index in [9.17, 15) is 10.2 Å². The number of nitrogens with one attached hydrogen (secondary N) is 1. The average molecular weight is 271 g/mol. The van der Waals surface area contributed by atoms with Crippen LogP contribution in [-0.4, -0.2) is 23.9 Å². The highest BCUT2D eigenvalue weighted by molar-refractivity contribution is 5.50. The minimum Gasteiger partial charge on any atom is -0.504 e. The molecule has 0 unspecified atom stereocenters. The highest BCUT2D eigenvalue weighted by atomic mass is 16.5. The number of hydrogen-bond acceptors (Lipinski definition) is 4. The lowest BCUT2D eigenvalue weighted by Crippen LogP contribution is -2.30. The van der Waals surface area contributed by atoms with Crippen LogP contribution < -0.4 is 10.1 Å². The van der Waals surface area contributed by atoms with E-state index in [1.807, 2.05) is 24.3 Å². The first kappa shape index (κ1) is 12.8. The molecule has 1 aliphatic rings. The molecular weight excluding hydrogens is 254 g/mol. The largest absolute Gasteiger partial charge is 0.504 e. The van der Waals surface area contributed by atoms with E-state index in [0.29, 0.717) is 0 Å². The molecule has 4 heteroatoms. The molecule has 3 N–H and O–H groups in total. The van der Waals surface area contributed by atoms with Gasteiger partial charge in [-0.2, -0.15) is 0 Å². The number of ether oxygens (including phenoxy) is 1. The monoisotopic (exact) mass is 271 g/mol. The molecule has 1 heterocycles. The Labute approximate surface area is 117 Å². The summed E-state index contributed by atoms with van der Waals surface area (Å²) in [6.07, 6.45) is 0.843. The molecule has 1 aliphatic heterocycles. The zero-order chi connectivity index (χ0) is 14.1. The molecule has 0 saturated heterocycles. The molecule has 0 aliphatic carbocycles. The molecular formula is C16H17NO3. The van der Waals surface area contributed by atoms with Crippen molar-refractivity contribution < 1.29 is 14.9 Å². The van der Waals surface area contributed by atoms with Crippen molar-refractivity contribution in [3.63, 3.8) is 0 Å². The Bertz CT molecular complexity index is 622. The SMILES string of the molecule is COc1ccc([C@H]2NCCc3cc(O)c(O)cc32)cc1. The summed E-state index contributed by atoms with van der Waals surface area (Å²) in [5, 5.41) is 22.8. The van der Waals surface area contributed by atoms with Gasteiger partial charge in [-0.15, -0.1) is 0 Å². The number of fused-ring (bicyclic) bond motifs is 1. The predicted molar refractivity (Wildman–Crippen MR) is 76.3 cm³/mol. The summed E-state index contributed by atoms with van der Waals surface area (Å²) in [5.74, 6) is 0.684. The van der Waals surface area contributed by atoms with Crippen molar-refractivity contribution in [2.45, 2.75) is 12.5 Å². The molecule has 2 aromatic carbocycles. The minimum absolute atomic E-state index is 0.0242. The standard InChI is InChI=1S/C16H17NO3/c1-20-12-4-2-10(3-5-12)16-13-9-15(19)14(18)8-11(13)6-7-17-16/h2-5,8-9,16-19H,6-7H2,1H3/t16-/m1/s1. The van der Waals surface area contributed by atoms with Crippen molar-refractivity contribution in [1.82, 2.24) is 5.32 Å². The highest BCUT2D eigenvalue weighted by Gasteiger charge is 2.23. The molecule has 2 aromatic rings. The third-order valence-corrected chi connectivity index (χ3v) is 3.74. The van der Waals surface area contributed by atoms with Crippen molar-refractivity contribution >= 4 is 0 Å². The molecule has 4 nitrogen and oxygen atoms in total. The highest BCUT2D eigenvalue weighted by Crippen LogP contribution is 2.36. The lowest BCUT2D eigenvalue weighted by molar-refractivity contribution is 0.400. The number of phenolic OH excluding ortho intramolecular Hbond substituents is 2. The molecule has 0 saturated carbocycles. The molecule has 104 valence electrons. The van der Waals surface area contributed by atoms with E-state index in [-0.39, 0.29) is 17.5 Å². The topological polar surface area (TPSA) is 61.7 Å². The summed E-state index contributed by atoms with van der Waals surface area (Å²) in [7, 11) is 1.64. The van der Waals surface area contributed by atoms with Gasteiger partial charge < -0.3 is 20.3 Å². The maximum absolute atomic E-state index is 9.72. The molecule has 0 spiro atoms. The summed E-state index contributed by atoms with van der Waals surface area (Å²) >= 11 is 0. The smallest absolute Gasteiger partial charge is 0.157 e. The van der Waals surface area contributed by atoms with Gasteiger partial charge in [-0.1, -0.05) is 12.1 Å². The van der Waals surface area contributed by atoms with E-state index in [0.717, 1.165) is 35.4 Å². The van der Waals surface area contributed by atoms with Crippen molar-refractivity contribution in [2.24, 2.45) is 0 Å².